The van der Waals surface area contributed by atoms with Crippen LogP contribution in [-0.4, -0.2) is 148 Å². The Balaban J connectivity index is 2.18. The summed E-state index contributed by atoms with van der Waals surface area (Å²) in [5.74, 6) is -4.98. The molecule has 3 rings (SSSR count). The van der Waals surface area contributed by atoms with Gasteiger partial charge in [-0.1, -0.05) is 27.7 Å². The summed E-state index contributed by atoms with van der Waals surface area (Å²) in [5, 5.41) is 57.6. The third kappa shape index (κ3) is 9.51. The third-order valence-corrected chi connectivity index (χ3v) is 11.8. The number of hydrogen-bond donors (Lipinski definition) is 5. The number of rotatable bonds is 7. The number of nitrogens with zero attached hydrogens (tertiary/aromatic N) is 1. The minimum atomic E-state index is -1.99. The van der Waals surface area contributed by atoms with E-state index in [1.54, 1.807) is 41.5 Å². The van der Waals surface area contributed by atoms with E-state index in [1.165, 1.54) is 27.9 Å². The average molecular weight is 734 g/mol. The number of ether oxygens (including phenoxy) is 6. The molecule has 51 heavy (non-hydrogen) atoms. The van der Waals surface area contributed by atoms with Crippen LogP contribution in [0.4, 0.5) is 0 Å². The minimum Gasteiger partial charge on any atom is -0.459 e. The highest BCUT2D eigenvalue weighted by Gasteiger charge is 2.53. The third-order valence-electron chi connectivity index (χ3n) is 11.8. The topological polar surface area (TPSA) is 194 Å². The van der Waals surface area contributed by atoms with E-state index in [0.29, 0.717) is 6.42 Å². The van der Waals surface area contributed by atoms with Gasteiger partial charge in [-0.25, -0.2) is 0 Å². The Labute approximate surface area is 304 Å². The van der Waals surface area contributed by atoms with Crippen molar-refractivity contribution in [1.29, 1.82) is 0 Å². The molecular formula is C37H67NO13. The van der Waals surface area contributed by atoms with Gasteiger partial charge in [0.1, 0.15) is 29.7 Å². The van der Waals surface area contributed by atoms with Crippen LogP contribution in [0.5, 0.6) is 0 Å². The van der Waals surface area contributed by atoms with Crippen LogP contribution in [0.15, 0.2) is 0 Å². The predicted molar refractivity (Wildman–Crippen MR) is 186 cm³/mol. The second kappa shape index (κ2) is 17.0. The van der Waals surface area contributed by atoms with Crippen molar-refractivity contribution >= 4 is 11.8 Å². The molecule has 0 spiro atoms. The molecule has 298 valence electrons. The van der Waals surface area contributed by atoms with Crippen LogP contribution in [-0.2, 0) is 38.0 Å². The van der Waals surface area contributed by atoms with Crippen molar-refractivity contribution in [2.75, 3.05) is 21.2 Å². The Morgan fingerprint density at radius 1 is 0.882 bits per heavy atom. The molecule has 3 aliphatic heterocycles. The summed E-state index contributed by atoms with van der Waals surface area (Å²) in [4.78, 5) is 29.8. The zero-order valence-electron chi connectivity index (χ0n) is 32.9. The zero-order valence-corrected chi connectivity index (χ0v) is 32.9. The van der Waals surface area contributed by atoms with Gasteiger partial charge in [-0.3, -0.25) is 9.59 Å². The van der Waals surface area contributed by atoms with Crippen LogP contribution < -0.4 is 0 Å². The molecule has 0 aromatic heterocycles. The first-order chi connectivity index (χ1) is 23.4. The number of aliphatic hydroxyl groups excluding tert-OH is 3. The van der Waals surface area contributed by atoms with Gasteiger partial charge in [0, 0.05) is 37.3 Å². The molecule has 18 atom stereocenters. The lowest BCUT2D eigenvalue weighted by molar-refractivity contribution is -0.318. The van der Waals surface area contributed by atoms with E-state index in [0.717, 1.165) is 0 Å². The van der Waals surface area contributed by atoms with E-state index in [1.807, 2.05) is 25.9 Å². The van der Waals surface area contributed by atoms with Crippen LogP contribution >= 0.6 is 0 Å². The summed E-state index contributed by atoms with van der Waals surface area (Å²) in [6.45, 7) is 16.3. The number of ketones is 1. The maximum Gasteiger partial charge on any atom is 0.311 e. The average Bonchev–Trinajstić information content (AvgIpc) is 3.05. The molecule has 5 N–H and O–H groups in total. The highest BCUT2D eigenvalue weighted by Crippen LogP contribution is 2.40. The van der Waals surface area contributed by atoms with Crippen molar-refractivity contribution in [3.63, 3.8) is 0 Å². The Bertz CT molecular complexity index is 1170. The maximum atomic E-state index is 14.1. The fourth-order valence-electron chi connectivity index (χ4n) is 8.41. The lowest BCUT2D eigenvalue weighted by Crippen LogP contribution is -2.61. The molecule has 3 fully saturated rings. The lowest BCUT2D eigenvalue weighted by atomic mass is 9.74. The summed E-state index contributed by atoms with van der Waals surface area (Å²) in [5.41, 5.74) is -4.84. The van der Waals surface area contributed by atoms with Crippen LogP contribution in [0.25, 0.3) is 0 Å². The summed E-state index contributed by atoms with van der Waals surface area (Å²) < 4.78 is 37.1. The second-order valence-electron chi connectivity index (χ2n) is 16.5. The van der Waals surface area contributed by atoms with Crippen LogP contribution in [0.3, 0.4) is 0 Å². The molecule has 0 aliphatic carbocycles. The molecule has 0 aromatic carbocycles. The highest BCUT2D eigenvalue weighted by molar-refractivity contribution is 5.83. The summed E-state index contributed by atoms with van der Waals surface area (Å²) >= 11 is 0. The molecule has 0 saturated carbocycles. The Morgan fingerprint density at radius 2 is 1.49 bits per heavy atom. The van der Waals surface area contributed by atoms with E-state index in [9.17, 15) is 35.1 Å². The van der Waals surface area contributed by atoms with Gasteiger partial charge in [0.05, 0.1) is 47.6 Å². The number of esters is 1. The van der Waals surface area contributed by atoms with Crippen molar-refractivity contribution in [2.24, 2.45) is 23.7 Å². The largest absolute Gasteiger partial charge is 0.459 e. The quantitative estimate of drug-likeness (QED) is 0.238. The number of Topliss-reactive ketones (excluding diaryl/α,β-unsaturated/α-hetero) is 1. The first-order valence-corrected chi connectivity index (χ1v) is 18.5. The minimum absolute atomic E-state index is 0.0936. The van der Waals surface area contributed by atoms with Crippen LogP contribution in [0.2, 0.25) is 0 Å². The molecule has 0 amide bonds. The van der Waals surface area contributed by atoms with E-state index < -0.39 is 108 Å². The van der Waals surface area contributed by atoms with Gasteiger partial charge in [0.2, 0.25) is 0 Å². The summed E-state index contributed by atoms with van der Waals surface area (Å²) in [6, 6.07) is -0.324. The van der Waals surface area contributed by atoms with E-state index >= 15 is 0 Å². The maximum absolute atomic E-state index is 14.1. The SMILES string of the molecule is CC[C@@H]1OC(=O)[C@@H](C)[C@H](O[C@H]2C[C@@](C)(OC)[C@@H](O)[C@H](C)O2)[C@@H](C)[C@H](O[C@@H]2O[C@H](C)C[C@H](N(C)C)[C@H]2O)[C@@](C)(O)C[C@H](C)C(=O)[C@@H](C)[C@@H](O)[C@]1(C)O. The van der Waals surface area contributed by atoms with E-state index in [4.69, 9.17) is 28.4 Å². The van der Waals surface area contributed by atoms with Crippen LogP contribution in [0, 0.1) is 23.7 Å². The van der Waals surface area contributed by atoms with Gasteiger partial charge >= 0.3 is 5.97 Å². The second-order valence-corrected chi connectivity index (χ2v) is 16.5. The molecule has 0 unspecified atom stereocenters. The normalized spacial score (nSPS) is 49.7. The number of carbonyl (C=O) groups is 2. The van der Waals surface area contributed by atoms with Gasteiger partial charge in [0.15, 0.2) is 12.6 Å². The van der Waals surface area contributed by atoms with E-state index in [2.05, 4.69) is 0 Å². The van der Waals surface area contributed by atoms with Crippen molar-refractivity contribution in [3.05, 3.63) is 0 Å². The van der Waals surface area contributed by atoms with Gasteiger partial charge in [0.25, 0.3) is 0 Å². The fraction of sp³-hybridized carbons (Fsp3) is 0.946. The van der Waals surface area contributed by atoms with Crippen molar-refractivity contribution in [1.82, 2.24) is 4.90 Å². The first-order valence-electron chi connectivity index (χ1n) is 18.5. The molecule has 0 aromatic rings. The van der Waals surface area contributed by atoms with Crippen molar-refractivity contribution in [2.45, 2.75) is 179 Å². The monoisotopic (exact) mass is 733 g/mol. The molecule has 14 nitrogen and oxygen atoms in total. The number of aliphatic hydroxyl groups is 5. The number of methoxy groups -OCH3 is 1. The Morgan fingerprint density at radius 3 is 2.04 bits per heavy atom. The summed E-state index contributed by atoms with van der Waals surface area (Å²) in [7, 11) is 5.18. The predicted octanol–water partition coefficient (Wildman–Crippen LogP) is 1.79. The van der Waals surface area contributed by atoms with Gasteiger partial charge in [-0.05, 0) is 74.9 Å². The van der Waals surface area contributed by atoms with Crippen molar-refractivity contribution < 1.29 is 63.5 Å². The molecular weight excluding hydrogens is 666 g/mol. The number of cyclic esters (lactones) is 1. The van der Waals surface area contributed by atoms with Gasteiger partial charge in [-0.2, -0.15) is 0 Å². The van der Waals surface area contributed by atoms with E-state index in [-0.39, 0.29) is 31.4 Å². The number of carbonyl (C=O) groups excluding carboxylic acids is 2. The van der Waals surface area contributed by atoms with Gasteiger partial charge in [-0.15, -0.1) is 0 Å². The molecule has 0 radical (unpaired) electrons. The first kappa shape index (κ1) is 44.1. The fourth-order valence-corrected chi connectivity index (χ4v) is 8.41. The van der Waals surface area contributed by atoms with Gasteiger partial charge < -0.3 is 58.9 Å². The number of hydrogen-bond acceptors (Lipinski definition) is 14. The van der Waals surface area contributed by atoms with Crippen LogP contribution in [0.1, 0.15) is 94.9 Å². The smallest absolute Gasteiger partial charge is 0.311 e. The lowest BCUT2D eigenvalue weighted by Gasteiger charge is -2.49. The molecule has 3 aliphatic rings. The number of likely N-dealkylation sites (N-methyl/N-ethyl adjacent to an activating group) is 1. The molecule has 3 saturated heterocycles. The Hall–Kier alpha value is -1.30. The molecule has 0 bridgehead atoms. The standard InChI is InChI=1S/C37H67NO13/c1-14-25-37(10,45)30(41)20(4)27(39)18(2)16-35(8,44)32(51-34-28(40)24(38(11)12)15-19(3)47-34)21(5)29(22(6)33(43)49-25)50-26-17-36(9,46-13)31(42)23(7)48-26/h18-26,28-32,34,40-42,44-45H,14-17H2,1-13H3/t18-,19+,20+,21+,22-,23-,24-,25-,26-,28+,29+,30+,31-,32-,34-,35-,36+,37+/m0/s1. The Kier molecular flexibility index (Phi) is 14.7. The molecule has 14 heteroatoms. The summed E-state index contributed by atoms with van der Waals surface area (Å²) in [6.07, 6.45) is -9.71. The molecule has 3 heterocycles. The zero-order chi connectivity index (χ0) is 39.0. The van der Waals surface area contributed by atoms with Crippen molar-refractivity contribution in [3.8, 4) is 0 Å². The highest BCUT2D eigenvalue weighted by atomic mass is 16.7.